The molecule has 5 unspecified atom stereocenters. The highest BCUT2D eigenvalue weighted by molar-refractivity contribution is 4.95. The van der Waals surface area contributed by atoms with Crippen molar-refractivity contribution < 1.29 is 4.74 Å². The van der Waals surface area contributed by atoms with E-state index in [1.165, 1.54) is 51.4 Å². The molecule has 0 amide bonds. The van der Waals surface area contributed by atoms with Crippen molar-refractivity contribution in [3.63, 3.8) is 0 Å². The van der Waals surface area contributed by atoms with Gasteiger partial charge in [0.15, 0.2) is 0 Å². The summed E-state index contributed by atoms with van der Waals surface area (Å²) in [7, 11) is 0. The molecule has 1 heterocycles. The Bertz CT molecular complexity index is 253. The molecule has 1 aliphatic heterocycles. The number of fused-ring (bicyclic) bond motifs is 2. The number of hydrogen-bond acceptors (Lipinski definition) is 2. The molecule has 0 aromatic rings. The van der Waals surface area contributed by atoms with E-state index in [9.17, 15) is 0 Å². The molecule has 17 heavy (non-hydrogen) atoms. The molecular weight excluding hydrogens is 210 g/mol. The van der Waals surface area contributed by atoms with Gasteiger partial charge in [0.05, 0.1) is 6.10 Å². The first-order chi connectivity index (χ1) is 8.35. The highest BCUT2D eigenvalue weighted by atomic mass is 16.5. The van der Waals surface area contributed by atoms with Crippen LogP contribution in [0.5, 0.6) is 0 Å². The number of rotatable bonds is 4. The van der Waals surface area contributed by atoms with Gasteiger partial charge in [0, 0.05) is 18.7 Å². The molecule has 98 valence electrons. The lowest BCUT2D eigenvalue weighted by molar-refractivity contribution is -0.00617. The largest absolute Gasteiger partial charge is 0.378 e. The standard InChI is InChI=1S/C15H27NO/c1-2-3-14-10-13(6-7-17-14)16-15-9-11-4-5-12(15)8-11/h11-16H,2-10H2,1H3. The van der Waals surface area contributed by atoms with Crippen molar-refractivity contribution in [2.24, 2.45) is 11.8 Å². The monoisotopic (exact) mass is 237 g/mol. The van der Waals surface area contributed by atoms with Gasteiger partial charge in [-0.05, 0) is 50.4 Å². The summed E-state index contributed by atoms with van der Waals surface area (Å²) in [6, 6.07) is 1.59. The average molecular weight is 237 g/mol. The lowest BCUT2D eigenvalue weighted by Gasteiger charge is -2.34. The van der Waals surface area contributed by atoms with Gasteiger partial charge < -0.3 is 10.1 Å². The molecule has 0 aromatic heterocycles. The minimum atomic E-state index is 0.532. The molecule has 0 spiro atoms. The highest BCUT2D eigenvalue weighted by Gasteiger charge is 2.40. The molecule has 2 nitrogen and oxygen atoms in total. The van der Waals surface area contributed by atoms with E-state index in [1.807, 2.05) is 0 Å². The normalized spacial score (nSPS) is 45.4. The predicted molar refractivity (Wildman–Crippen MR) is 70.0 cm³/mol. The van der Waals surface area contributed by atoms with Crippen LogP contribution in [-0.4, -0.2) is 24.8 Å². The number of hydrogen-bond donors (Lipinski definition) is 1. The van der Waals surface area contributed by atoms with Gasteiger partial charge in [-0.1, -0.05) is 19.8 Å². The first-order valence-corrected chi connectivity index (χ1v) is 7.72. The topological polar surface area (TPSA) is 21.3 Å². The summed E-state index contributed by atoms with van der Waals surface area (Å²) >= 11 is 0. The first-order valence-electron chi connectivity index (χ1n) is 7.72. The third kappa shape index (κ3) is 2.68. The van der Waals surface area contributed by atoms with E-state index < -0.39 is 0 Å². The van der Waals surface area contributed by atoms with Gasteiger partial charge in [-0.15, -0.1) is 0 Å². The van der Waals surface area contributed by atoms with Crippen molar-refractivity contribution in [3.05, 3.63) is 0 Å². The van der Waals surface area contributed by atoms with Crippen LogP contribution < -0.4 is 5.32 Å². The summed E-state index contributed by atoms with van der Waals surface area (Å²) in [4.78, 5) is 0. The molecule has 3 fully saturated rings. The van der Waals surface area contributed by atoms with Gasteiger partial charge in [-0.2, -0.15) is 0 Å². The Kier molecular flexibility index (Phi) is 3.72. The zero-order chi connectivity index (χ0) is 11.7. The first kappa shape index (κ1) is 12.0. The van der Waals surface area contributed by atoms with Crippen LogP contribution >= 0.6 is 0 Å². The smallest absolute Gasteiger partial charge is 0.0589 e. The Morgan fingerprint density at radius 3 is 2.76 bits per heavy atom. The van der Waals surface area contributed by atoms with Gasteiger partial charge >= 0.3 is 0 Å². The summed E-state index contributed by atoms with van der Waals surface area (Å²) in [5.41, 5.74) is 0. The Labute approximate surface area is 105 Å². The molecule has 2 aliphatic carbocycles. The zero-order valence-electron chi connectivity index (χ0n) is 11.2. The van der Waals surface area contributed by atoms with Crippen LogP contribution in [0.25, 0.3) is 0 Å². The lowest BCUT2D eigenvalue weighted by Crippen LogP contribution is -2.46. The van der Waals surface area contributed by atoms with E-state index >= 15 is 0 Å². The second kappa shape index (κ2) is 5.27. The molecule has 5 atom stereocenters. The molecule has 3 rings (SSSR count). The van der Waals surface area contributed by atoms with Gasteiger partial charge in [-0.25, -0.2) is 0 Å². The molecule has 1 saturated heterocycles. The molecule has 2 bridgehead atoms. The Hall–Kier alpha value is -0.0800. The fourth-order valence-corrected chi connectivity index (χ4v) is 4.31. The maximum Gasteiger partial charge on any atom is 0.0589 e. The van der Waals surface area contributed by atoms with Crippen molar-refractivity contribution in [1.29, 1.82) is 0 Å². The van der Waals surface area contributed by atoms with Crippen molar-refractivity contribution in [3.8, 4) is 0 Å². The van der Waals surface area contributed by atoms with Crippen LogP contribution in [0.1, 0.15) is 58.3 Å². The average Bonchev–Trinajstić information content (AvgIpc) is 2.92. The predicted octanol–water partition coefficient (Wildman–Crippen LogP) is 3.11. The van der Waals surface area contributed by atoms with Gasteiger partial charge in [0.2, 0.25) is 0 Å². The van der Waals surface area contributed by atoms with E-state index in [4.69, 9.17) is 4.74 Å². The Balaban J connectivity index is 1.48. The van der Waals surface area contributed by atoms with Gasteiger partial charge in [0.1, 0.15) is 0 Å². The number of ether oxygens (including phenoxy) is 1. The third-order valence-electron chi connectivity index (χ3n) is 5.17. The van der Waals surface area contributed by atoms with E-state index in [-0.39, 0.29) is 0 Å². The second-order valence-electron chi connectivity index (χ2n) is 6.45. The fraction of sp³-hybridized carbons (Fsp3) is 1.00. The van der Waals surface area contributed by atoms with Crippen molar-refractivity contribution in [2.75, 3.05) is 6.61 Å². The SMILES string of the molecule is CCCC1CC(NC2CC3CCC2C3)CCO1. The Morgan fingerprint density at radius 2 is 2.06 bits per heavy atom. The molecule has 3 aliphatic rings. The molecule has 0 radical (unpaired) electrons. The molecule has 1 N–H and O–H groups in total. The van der Waals surface area contributed by atoms with Crippen LogP contribution in [0, 0.1) is 11.8 Å². The molecule has 2 saturated carbocycles. The quantitative estimate of drug-likeness (QED) is 0.811. The van der Waals surface area contributed by atoms with E-state index in [0.29, 0.717) is 6.10 Å². The van der Waals surface area contributed by atoms with E-state index in [2.05, 4.69) is 12.2 Å². The van der Waals surface area contributed by atoms with Gasteiger partial charge in [0.25, 0.3) is 0 Å². The maximum absolute atomic E-state index is 5.84. The van der Waals surface area contributed by atoms with E-state index in [1.54, 1.807) is 0 Å². The summed E-state index contributed by atoms with van der Waals surface area (Å²) in [6.45, 7) is 3.24. The summed E-state index contributed by atoms with van der Waals surface area (Å²) in [6.07, 6.45) is 11.5. The second-order valence-corrected chi connectivity index (χ2v) is 6.45. The van der Waals surface area contributed by atoms with Crippen LogP contribution in [0.15, 0.2) is 0 Å². The van der Waals surface area contributed by atoms with Crippen LogP contribution in [0.4, 0.5) is 0 Å². The maximum atomic E-state index is 5.84. The van der Waals surface area contributed by atoms with Crippen LogP contribution in [0.3, 0.4) is 0 Å². The van der Waals surface area contributed by atoms with Crippen LogP contribution in [0.2, 0.25) is 0 Å². The molecule has 0 aromatic carbocycles. The Morgan fingerprint density at radius 1 is 1.12 bits per heavy atom. The highest BCUT2D eigenvalue weighted by Crippen LogP contribution is 2.44. The van der Waals surface area contributed by atoms with Gasteiger partial charge in [-0.3, -0.25) is 0 Å². The summed E-state index contributed by atoms with van der Waals surface area (Å²) in [5, 5.41) is 3.96. The van der Waals surface area contributed by atoms with Crippen molar-refractivity contribution >= 4 is 0 Å². The van der Waals surface area contributed by atoms with E-state index in [0.717, 1.165) is 30.5 Å². The summed E-state index contributed by atoms with van der Waals surface area (Å²) in [5.74, 6) is 2.07. The summed E-state index contributed by atoms with van der Waals surface area (Å²) < 4.78 is 5.84. The molecule has 2 heteroatoms. The molecular formula is C15H27NO. The number of nitrogens with one attached hydrogen (secondary N) is 1. The van der Waals surface area contributed by atoms with Crippen molar-refractivity contribution in [2.45, 2.75) is 76.5 Å². The fourth-order valence-electron chi connectivity index (χ4n) is 4.31. The minimum absolute atomic E-state index is 0.532. The zero-order valence-corrected chi connectivity index (χ0v) is 11.2. The lowest BCUT2D eigenvalue weighted by atomic mass is 9.92. The van der Waals surface area contributed by atoms with Crippen molar-refractivity contribution in [1.82, 2.24) is 5.32 Å². The third-order valence-corrected chi connectivity index (χ3v) is 5.17. The minimum Gasteiger partial charge on any atom is -0.378 e. The van der Waals surface area contributed by atoms with Crippen LogP contribution in [-0.2, 0) is 4.74 Å².